The number of rotatable bonds is 6. The van der Waals surface area contributed by atoms with Crippen LogP contribution in [0.2, 0.25) is 0 Å². The number of fused-ring (bicyclic) bond motifs is 2. The minimum Gasteiger partial charge on any atom is -0.496 e. The normalized spacial score (nSPS) is 14.7. The van der Waals surface area contributed by atoms with Crippen molar-refractivity contribution in [3.63, 3.8) is 0 Å². The summed E-state index contributed by atoms with van der Waals surface area (Å²) >= 11 is 0. The molecule has 1 aliphatic rings. The molecule has 0 aliphatic carbocycles. The van der Waals surface area contributed by atoms with Gasteiger partial charge in [0.1, 0.15) is 23.4 Å². The summed E-state index contributed by atoms with van der Waals surface area (Å²) in [5.74, 6) is 1.81. The number of ether oxygens (including phenoxy) is 5. The Morgan fingerprint density at radius 1 is 1.03 bits per heavy atom. The summed E-state index contributed by atoms with van der Waals surface area (Å²) in [6, 6.07) is 7.21. The summed E-state index contributed by atoms with van der Waals surface area (Å²) in [7, 11) is 4.68. The number of carbonyl (C=O) groups is 1. The SMILES string of the molecule is COc1cc2ncnc(C(OC(C)=O)c3ccc4c(c3OC)C=CC(C)(C)O4)c2cc1OC. The Morgan fingerprint density at radius 2 is 1.76 bits per heavy atom. The Labute approximate surface area is 192 Å². The maximum absolute atomic E-state index is 12.1. The predicted molar refractivity (Wildman–Crippen MR) is 123 cm³/mol. The Bertz CT molecular complexity index is 1250. The third-order valence-electron chi connectivity index (χ3n) is 5.40. The Hall–Kier alpha value is -3.81. The molecule has 33 heavy (non-hydrogen) atoms. The van der Waals surface area contributed by atoms with Crippen molar-refractivity contribution >= 4 is 22.9 Å². The number of aromatic nitrogens is 2. The molecule has 1 aromatic heterocycles. The standard InChI is InChI=1S/C25H26N2O6/c1-14(28)32-24(16-7-8-19-15(23(16)31-6)9-10-25(2,3)33-19)22-17-11-20(29-4)21(30-5)12-18(17)26-13-27-22/h7-13,24H,1-6H3. The van der Waals surface area contributed by atoms with Crippen LogP contribution in [0.1, 0.15) is 43.7 Å². The number of methoxy groups -OCH3 is 3. The van der Waals surface area contributed by atoms with E-state index in [2.05, 4.69) is 9.97 Å². The van der Waals surface area contributed by atoms with Crippen LogP contribution in [0.4, 0.5) is 0 Å². The quantitative estimate of drug-likeness (QED) is 0.508. The van der Waals surface area contributed by atoms with E-state index in [-0.39, 0.29) is 0 Å². The number of benzene rings is 2. The molecule has 0 saturated heterocycles. The van der Waals surface area contributed by atoms with Crippen LogP contribution in [-0.2, 0) is 9.53 Å². The van der Waals surface area contributed by atoms with Gasteiger partial charge in [-0.3, -0.25) is 4.79 Å². The molecular weight excluding hydrogens is 424 g/mol. The van der Waals surface area contributed by atoms with Crippen LogP contribution >= 0.6 is 0 Å². The van der Waals surface area contributed by atoms with Crippen LogP contribution in [0.15, 0.2) is 36.7 Å². The first-order valence-electron chi connectivity index (χ1n) is 10.4. The minimum absolute atomic E-state index is 0.437. The first kappa shape index (κ1) is 22.4. The van der Waals surface area contributed by atoms with Crippen molar-refractivity contribution in [3.8, 4) is 23.0 Å². The molecule has 8 nitrogen and oxygen atoms in total. The molecule has 1 aliphatic heterocycles. The molecule has 0 radical (unpaired) electrons. The second-order valence-electron chi connectivity index (χ2n) is 8.11. The molecule has 2 heterocycles. The molecule has 0 amide bonds. The van der Waals surface area contributed by atoms with Gasteiger partial charge in [-0.15, -0.1) is 0 Å². The molecule has 3 aromatic rings. The summed E-state index contributed by atoms with van der Waals surface area (Å²) in [6.07, 6.45) is 4.49. The monoisotopic (exact) mass is 450 g/mol. The van der Waals surface area contributed by atoms with Crippen molar-refractivity contribution < 1.29 is 28.5 Å². The lowest BCUT2D eigenvalue weighted by Crippen LogP contribution is -2.27. The average Bonchev–Trinajstić information content (AvgIpc) is 2.79. The molecule has 4 rings (SSSR count). The third kappa shape index (κ3) is 4.16. The van der Waals surface area contributed by atoms with Gasteiger partial charge in [0.05, 0.1) is 38.1 Å². The summed E-state index contributed by atoms with van der Waals surface area (Å²) in [5, 5.41) is 0.661. The van der Waals surface area contributed by atoms with Gasteiger partial charge in [-0.05, 0) is 44.2 Å². The number of carbonyl (C=O) groups excluding carboxylic acids is 1. The topological polar surface area (TPSA) is 89.0 Å². The van der Waals surface area contributed by atoms with Crippen LogP contribution in [-0.4, -0.2) is 42.9 Å². The molecule has 1 unspecified atom stereocenters. The zero-order valence-electron chi connectivity index (χ0n) is 19.5. The fraction of sp³-hybridized carbons (Fsp3) is 0.320. The largest absolute Gasteiger partial charge is 0.496 e. The fourth-order valence-corrected chi connectivity index (χ4v) is 3.93. The van der Waals surface area contributed by atoms with Gasteiger partial charge in [-0.1, -0.05) is 0 Å². The predicted octanol–water partition coefficient (Wildman–Crippen LogP) is 4.49. The molecule has 0 saturated carbocycles. The molecule has 0 fully saturated rings. The second-order valence-corrected chi connectivity index (χ2v) is 8.11. The van der Waals surface area contributed by atoms with Crippen LogP contribution < -0.4 is 18.9 Å². The molecule has 172 valence electrons. The summed E-state index contributed by atoms with van der Waals surface area (Å²) in [6.45, 7) is 5.31. The lowest BCUT2D eigenvalue weighted by atomic mass is 9.95. The lowest BCUT2D eigenvalue weighted by molar-refractivity contribution is -0.144. The van der Waals surface area contributed by atoms with E-state index < -0.39 is 17.7 Å². The van der Waals surface area contributed by atoms with Gasteiger partial charge < -0.3 is 23.7 Å². The van der Waals surface area contributed by atoms with Crippen molar-refractivity contribution in [2.75, 3.05) is 21.3 Å². The molecule has 0 spiro atoms. The van der Waals surface area contributed by atoms with Crippen molar-refractivity contribution in [1.82, 2.24) is 9.97 Å². The smallest absolute Gasteiger partial charge is 0.303 e. The maximum Gasteiger partial charge on any atom is 0.303 e. The van der Waals surface area contributed by atoms with Crippen LogP contribution in [0, 0.1) is 0 Å². The highest BCUT2D eigenvalue weighted by Gasteiger charge is 2.31. The van der Waals surface area contributed by atoms with Crippen LogP contribution in [0.5, 0.6) is 23.0 Å². The van der Waals surface area contributed by atoms with E-state index in [0.29, 0.717) is 45.2 Å². The number of hydrogen-bond donors (Lipinski definition) is 0. The molecule has 1 atom stereocenters. The number of esters is 1. The first-order valence-corrected chi connectivity index (χ1v) is 10.4. The Kier molecular flexibility index (Phi) is 5.84. The highest BCUT2D eigenvalue weighted by Crippen LogP contribution is 2.44. The molecule has 8 heteroatoms. The fourth-order valence-electron chi connectivity index (χ4n) is 3.93. The molecule has 0 N–H and O–H groups in total. The van der Waals surface area contributed by atoms with E-state index in [4.69, 9.17) is 23.7 Å². The van der Waals surface area contributed by atoms with E-state index in [0.717, 1.165) is 5.56 Å². The molecule has 2 aromatic carbocycles. The van der Waals surface area contributed by atoms with Gasteiger partial charge in [-0.2, -0.15) is 0 Å². The maximum atomic E-state index is 12.1. The van der Waals surface area contributed by atoms with Gasteiger partial charge in [0.2, 0.25) is 0 Å². The highest BCUT2D eigenvalue weighted by molar-refractivity contribution is 5.86. The summed E-state index contributed by atoms with van der Waals surface area (Å²) < 4.78 is 28.5. The summed E-state index contributed by atoms with van der Waals surface area (Å²) in [5.41, 5.74) is 2.08. The highest BCUT2D eigenvalue weighted by atomic mass is 16.5. The van der Waals surface area contributed by atoms with Gasteiger partial charge in [0, 0.05) is 23.9 Å². The Balaban J connectivity index is 1.94. The third-order valence-corrected chi connectivity index (χ3v) is 5.40. The van der Waals surface area contributed by atoms with E-state index in [9.17, 15) is 4.79 Å². The van der Waals surface area contributed by atoms with E-state index in [1.54, 1.807) is 33.5 Å². The minimum atomic E-state index is -0.852. The lowest BCUT2D eigenvalue weighted by Gasteiger charge is -2.30. The first-order chi connectivity index (χ1) is 15.8. The zero-order valence-corrected chi connectivity index (χ0v) is 19.5. The van der Waals surface area contributed by atoms with Crippen molar-refractivity contribution in [3.05, 3.63) is 53.5 Å². The number of hydrogen-bond acceptors (Lipinski definition) is 8. The van der Waals surface area contributed by atoms with Gasteiger partial charge in [0.15, 0.2) is 17.6 Å². The number of nitrogens with zero attached hydrogens (tertiary/aromatic N) is 2. The van der Waals surface area contributed by atoms with Crippen molar-refractivity contribution in [2.24, 2.45) is 0 Å². The van der Waals surface area contributed by atoms with Crippen molar-refractivity contribution in [2.45, 2.75) is 32.5 Å². The van der Waals surface area contributed by atoms with E-state index >= 15 is 0 Å². The van der Waals surface area contributed by atoms with Crippen LogP contribution in [0.3, 0.4) is 0 Å². The van der Waals surface area contributed by atoms with E-state index in [1.165, 1.54) is 13.3 Å². The average molecular weight is 450 g/mol. The Morgan fingerprint density at radius 3 is 2.42 bits per heavy atom. The van der Waals surface area contributed by atoms with Gasteiger partial charge in [0.25, 0.3) is 0 Å². The summed E-state index contributed by atoms with van der Waals surface area (Å²) in [4.78, 5) is 21.0. The van der Waals surface area contributed by atoms with Gasteiger partial charge >= 0.3 is 5.97 Å². The second kappa shape index (κ2) is 8.61. The molecular formula is C25H26N2O6. The van der Waals surface area contributed by atoms with Gasteiger partial charge in [-0.25, -0.2) is 9.97 Å². The molecule has 0 bridgehead atoms. The van der Waals surface area contributed by atoms with E-state index in [1.807, 2.05) is 38.1 Å². The van der Waals surface area contributed by atoms with Crippen LogP contribution in [0.25, 0.3) is 17.0 Å². The zero-order chi connectivity index (χ0) is 23.8. The van der Waals surface area contributed by atoms with Crippen molar-refractivity contribution in [1.29, 1.82) is 0 Å².